The molecule has 0 radical (unpaired) electrons. The molecular formula is C29H39NO3. The van der Waals surface area contributed by atoms with Crippen molar-refractivity contribution in [1.82, 2.24) is 5.32 Å². The number of amides is 1. The fraction of sp³-hybridized carbons (Fsp3) is 0.345. The maximum atomic E-state index is 12.4. The molecule has 33 heavy (non-hydrogen) atoms. The molecule has 0 saturated carbocycles. The molecule has 1 amide bonds. The van der Waals surface area contributed by atoms with E-state index in [1.54, 1.807) is 36.5 Å². The van der Waals surface area contributed by atoms with Crippen LogP contribution in [0.2, 0.25) is 0 Å². The first-order chi connectivity index (χ1) is 15.9. The van der Waals surface area contributed by atoms with Gasteiger partial charge in [-0.1, -0.05) is 116 Å². The first kappa shape index (κ1) is 28.1. The van der Waals surface area contributed by atoms with E-state index in [0.29, 0.717) is 0 Å². The van der Waals surface area contributed by atoms with Gasteiger partial charge in [0.1, 0.15) is 12.2 Å². The van der Waals surface area contributed by atoms with Crippen molar-refractivity contribution < 1.29 is 15.0 Å². The zero-order valence-electron chi connectivity index (χ0n) is 20.1. The third-order valence-electron chi connectivity index (χ3n) is 4.80. The topological polar surface area (TPSA) is 69.6 Å². The SMILES string of the molecule is CCC/C=C/C=C/C[C@@H]1C\C=C/C=C(C)\C=C/C=C\[C@H](O)[C@H](O)\C=C(C)/C=C\C=C/C(=O)N1. The number of carbonyl (C=O) groups excluding carboxylic acids is 1. The summed E-state index contributed by atoms with van der Waals surface area (Å²) < 4.78 is 0. The Morgan fingerprint density at radius 1 is 0.939 bits per heavy atom. The molecule has 0 aromatic rings. The van der Waals surface area contributed by atoms with Crippen molar-refractivity contribution in [3.05, 3.63) is 108 Å². The van der Waals surface area contributed by atoms with Crippen LogP contribution in [-0.4, -0.2) is 34.4 Å². The molecule has 1 rings (SSSR count). The number of aliphatic hydroxyl groups excluding tert-OH is 2. The Bertz CT molecular complexity index is 850. The van der Waals surface area contributed by atoms with Crippen molar-refractivity contribution in [2.75, 3.05) is 0 Å². The van der Waals surface area contributed by atoms with Crippen LogP contribution < -0.4 is 5.32 Å². The van der Waals surface area contributed by atoms with Gasteiger partial charge in [0.2, 0.25) is 5.91 Å². The predicted molar refractivity (Wildman–Crippen MR) is 140 cm³/mol. The summed E-state index contributed by atoms with van der Waals surface area (Å²) in [6, 6.07) is -0.00533. The second-order valence-electron chi connectivity index (χ2n) is 8.01. The second-order valence-corrected chi connectivity index (χ2v) is 8.01. The van der Waals surface area contributed by atoms with Crippen molar-refractivity contribution in [2.24, 2.45) is 0 Å². The lowest BCUT2D eigenvalue weighted by Crippen LogP contribution is -2.32. The summed E-state index contributed by atoms with van der Waals surface area (Å²) in [5.41, 5.74) is 1.83. The van der Waals surface area contributed by atoms with Gasteiger partial charge in [0.05, 0.1) is 0 Å². The molecule has 0 spiro atoms. The molecule has 1 aliphatic heterocycles. The number of hydrogen-bond donors (Lipinski definition) is 3. The van der Waals surface area contributed by atoms with E-state index in [9.17, 15) is 15.0 Å². The molecule has 4 nitrogen and oxygen atoms in total. The molecule has 0 unspecified atom stereocenters. The van der Waals surface area contributed by atoms with E-state index < -0.39 is 12.2 Å². The minimum absolute atomic E-state index is 0.00533. The largest absolute Gasteiger partial charge is 0.386 e. The highest BCUT2D eigenvalue weighted by molar-refractivity contribution is 5.88. The number of carbonyl (C=O) groups is 1. The van der Waals surface area contributed by atoms with Crippen LogP contribution in [0.4, 0.5) is 0 Å². The normalized spacial score (nSPS) is 31.7. The fourth-order valence-corrected chi connectivity index (χ4v) is 2.92. The molecule has 0 aliphatic carbocycles. The van der Waals surface area contributed by atoms with Crippen LogP contribution in [-0.2, 0) is 4.79 Å². The summed E-state index contributed by atoms with van der Waals surface area (Å²) in [6.07, 6.45) is 31.3. The number of nitrogens with one attached hydrogen (secondary N) is 1. The lowest BCUT2D eigenvalue weighted by atomic mass is 10.1. The van der Waals surface area contributed by atoms with Gasteiger partial charge in [0.25, 0.3) is 0 Å². The van der Waals surface area contributed by atoms with E-state index in [1.807, 2.05) is 44.2 Å². The van der Waals surface area contributed by atoms with E-state index in [2.05, 4.69) is 36.5 Å². The van der Waals surface area contributed by atoms with Crippen LogP contribution >= 0.6 is 0 Å². The Labute approximate surface area is 199 Å². The van der Waals surface area contributed by atoms with E-state index in [4.69, 9.17) is 0 Å². The third-order valence-corrected chi connectivity index (χ3v) is 4.80. The van der Waals surface area contributed by atoms with Crippen LogP contribution in [0.5, 0.6) is 0 Å². The standard InChI is InChI=1S/C29H39NO3/c1-4-5-6-7-8-9-19-26-20-13-10-16-24(2)17-11-14-21-27(31)28(32)23-25(3)18-12-15-22-29(33)30-26/h6-18,21-23,26-28,31-32H,4-5,19-20H2,1-3H3,(H,30,33)/b7-6+,9-8+,13-10-,17-11-,18-12-,21-14-,22-15-,24-16-,25-23-/t26-,27+,28-/m1/s1. The Morgan fingerprint density at radius 2 is 1.64 bits per heavy atom. The molecule has 0 fully saturated rings. The van der Waals surface area contributed by atoms with Crippen LogP contribution in [0.25, 0.3) is 0 Å². The quantitative estimate of drug-likeness (QED) is 0.480. The maximum absolute atomic E-state index is 12.4. The molecule has 0 saturated heterocycles. The minimum atomic E-state index is -1.01. The Hall–Kier alpha value is -2.95. The molecule has 0 aromatic carbocycles. The van der Waals surface area contributed by atoms with Gasteiger partial charge in [-0.3, -0.25) is 4.79 Å². The molecule has 1 aliphatic rings. The summed E-state index contributed by atoms with van der Waals surface area (Å²) in [4.78, 5) is 12.4. The number of unbranched alkanes of at least 4 members (excludes halogenated alkanes) is 1. The smallest absolute Gasteiger partial charge is 0.244 e. The van der Waals surface area contributed by atoms with Gasteiger partial charge in [-0.15, -0.1) is 0 Å². The Morgan fingerprint density at radius 3 is 2.42 bits per heavy atom. The van der Waals surface area contributed by atoms with Crippen LogP contribution in [0.3, 0.4) is 0 Å². The van der Waals surface area contributed by atoms with Gasteiger partial charge in [-0.05, 0) is 33.1 Å². The summed E-state index contributed by atoms with van der Waals surface area (Å²) in [6.45, 7) is 5.96. The highest BCUT2D eigenvalue weighted by Gasteiger charge is 2.09. The minimum Gasteiger partial charge on any atom is -0.386 e. The molecule has 3 N–H and O–H groups in total. The van der Waals surface area contributed by atoms with Crippen molar-refractivity contribution in [3.63, 3.8) is 0 Å². The zero-order chi connectivity index (χ0) is 24.3. The van der Waals surface area contributed by atoms with E-state index in [-0.39, 0.29) is 11.9 Å². The predicted octanol–water partition coefficient (Wildman–Crippen LogP) is 5.57. The van der Waals surface area contributed by atoms with E-state index in [1.165, 1.54) is 6.08 Å². The van der Waals surface area contributed by atoms with Gasteiger partial charge < -0.3 is 15.5 Å². The second kappa shape index (κ2) is 17.6. The molecule has 178 valence electrons. The summed E-state index contributed by atoms with van der Waals surface area (Å²) in [5.74, 6) is -0.153. The first-order valence-electron chi connectivity index (χ1n) is 11.6. The average molecular weight is 450 g/mol. The number of rotatable bonds is 5. The monoisotopic (exact) mass is 449 g/mol. The third kappa shape index (κ3) is 14.7. The summed E-state index contributed by atoms with van der Waals surface area (Å²) in [5, 5.41) is 23.2. The highest BCUT2D eigenvalue weighted by atomic mass is 16.3. The molecular weight excluding hydrogens is 410 g/mol. The molecule has 3 atom stereocenters. The van der Waals surface area contributed by atoms with Gasteiger partial charge in [0.15, 0.2) is 0 Å². The summed E-state index contributed by atoms with van der Waals surface area (Å²) in [7, 11) is 0. The number of hydrogen-bond acceptors (Lipinski definition) is 3. The number of allylic oxidation sites excluding steroid dienone is 13. The Kier molecular flexibility index (Phi) is 15.0. The fourth-order valence-electron chi connectivity index (χ4n) is 2.92. The van der Waals surface area contributed by atoms with Crippen molar-refractivity contribution in [2.45, 2.75) is 64.7 Å². The van der Waals surface area contributed by atoms with Crippen LogP contribution in [0.1, 0.15) is 46.5 Å². The maximum Gasteiger partial charge on any atom is 0.244 e. The molecule has 0 bridgehead atoms. The van der Waals surface area contributed by atoms with Crippen molar-refractivity contribution in [1.29, 1.82) is 0 Å². The van der Waals surface area contributed by atoms with Gasteiger partial charge in [-0.2, -0.15) is 0 Å². The summed E-state index contributed by atoms with van der Waals surface area (Å²) >= 11 is 0. The Balaban J connectivity index is 2.99. The lowest BCUT2D eigenvalue weighted by Gasteiger charge is -2.14. The highest BCUT2D eigenvalue weighted by Crippen LogP contribution is 2.06. The van der Waals surface area contributed by atoms with Gasteiger partial charge in [0, 0.05) is 12.1 Å². The first-order valence-corrected chi connectivity index (χ1v) is 11.6. The molecule has 0 aromatic heterocycles. The van der Waals surface area contributed by atoms with Gasteiger partial charge in [-0.25, -0.2) is 0 Å². The molecule has 4 heteroatoms. The average Bonchev–Trinajstić information content (AvgIpc) is 2.78. The molecule has 1 heterocycles. The lowest BCUT2D eigenvalue weighted by molar-refractivity contribution is -0.117. The van der Waals surface area contributed by atoms with Crippen LogP contribution in [0.15, 0.2) is 108 Å². The van der Waals surface area contributed by atoms with E-state index in [0.717, 1.165) is 36.8 Å². The van der Waals surface area contributed by atoms with Crippen LogP contribution in [0, 0.1) is 0 Å². The van der Waals surface area contributed by atoms with Gasteiger partial charge >= 0.3 is 0 Å². The van der Waals surface area contributed by atoms with E-state index >= 15 is 0 Å². The number of aliphatic hydroxyl groups is 2. The van der Waals surface area contributed by atoms with Crippen molar-refractivity contribution >= 4 is 5.91 Å². The zero-order valence-corrected chi connectivity index (χ0v) is 20.1. The van der Waals surface area contributed by atoms with Crippen molar-refractivity contribution in [3.8, 4) is 0 Å².